The molecule has 120 valence electrons. The standard InChI is InChI=1S/C18H17FO3S/c1-14(20)17-7-2-3-8-18(17)23(21,22)16-11-9-15(10-12-16)6-4-5-13-19/h2-14,20H,1H3/b6-4+,13-5+/t14-/m0/s1. The van der Waals surface area contributed by atoms with E-state index in [-0.39, 0.29) is 9.79 Å². The number of allylic oxidation sites excluding steroid dienone is 2. The van der Waals surface area contributed by atoms with E-state index >= 15 is 0 Å². The summed E-state index contributed by atoms with van der Waals surface area (Å²) in [6.07, 6.45) is 3.96. The van der Waals surface area contributed by atoms with Crippen molar-refractivity contribution in [1.29, 1.82) is 0 Å². The second-order valence-corrected chi connectivity index (χ2v) is 6.88. The van der Waals surface area contributed by atoms with Gasteiger partial charge in [0, 0.05) is 0 Å². The van der Waals surface area contributed by atoms with Crippen molar-refractivity contribution in [2.24, 2.45) is 0 Å². The molecule has 0 amide bonds. The van der Waals surface area contributed by atoms with E-state index in [1.54, 1.807) is 36.4 Å². The quantitative estimate of drug-likeness (QED) is 0.840. The van der Waals surface area contributed by atoms with Crippen molar-refractivity contribution in [3.05, 3.63) is 78.1 Å². The summed E-state index contributed by atoms with van der Waals surface area (Å²) in [5, 5.41) is 9.77. The molecule has 5 heteroatoms. The van der Waals surface area contributed by atoms with E-state index in [1.807, 2.05) is 0 Å². The minimum absolute atomic E-state index is 0.0960. The Morgan fingerprint density at radius 3 is 2.30 bits per heavy atom. The first kappa shape index (κ1) is 17.1. The number of hydrogen-bond acceptors (Lipinski definition) is 3. The van der Waals surface area contributed by atoms with Crippen molar-refractivity contribution in [2.45, 2.75) is 22.8 Å². The van der Waals surface area contributed by atoms with Crippen molar-refractivity contribution in [3.8, 4) is 0 Å². The van der Waals surface area contributed by atoms with E-state index in [1.165, 1.54) is 37.3 Å². The van der Waals surface area contributed by atoms with Crippen LogP contribution in [0.2, 0.25) is 0 Å². The van der Waals surface area contributed by atoms with E-state index in [0.717, 1.165) is 5.56 Å². The van der Waals surface area contributed by atoms with Gasteiger partial charge in [-0.25, -0.2) is 12.8 Å². The van der Waals surface area contributed by atoms with Crippen molar-refractivity contribution < 1.29 is 17.9 Å². The highest BCUT2D eigenvalue weighted by Gasteiger charge is 2.22. The molecule has 0 aliphatic rings. The van der Waals surface area contributed by atoms with Gasteiger partial charge in [0.1, 0.15) is 0 Å². The van der Waals surface area contributed by atoms with Crippen LogP contribution < -0.4 is 0 Å². The predicted molar refractivity (Wildman–Crippen MR) is 88.3 cm³/mol. The molecular formula is C18H17FO3S. The monoisotopic (exact) mass is 332 g/mol. The average molecular weight is 332 g/mol. The molecule has 2 aromatic rings. The van der Waals surface area contributed by atoms with E-state index < -0.39 is 15.9 Å². The fourth-order valence-corrected chi connectivity index (χ4v) is 3.72. The molecule has 0 fully saturated rings. The van der Waals surface area contributed by atoms with Crippen LogP contribution in [0, 0.1) is 0 Å². The Morgan fingerprint density at radius 1 is 1.04 bits per heavy atom. The number of sulfone groups is 1. The third kappa shape index (κ3) is 3.94. The first-order valence-electron chi connectivity index (χ1n) is 7.02. The lowest BCUT2D eigenvalue weighted by molar-refractivity contribution is 0.196. The highest BCUT2D eigenvalue weighted by molar-refractivity contribution is 7.91. The lowest BCUT2D eigenvalue weighted by atomic mass is 10.1. The lowest BCUT2D eigenvalue weighted by Crippen LogP contribution is -2.07. The molecule has 1 N–H and O–H groups in total. The fraction of sp³-hybridized carbons (Fsp3) is 0.111. The zero-order valence-corrected chi connectivity index (χ0v) is 13.4. The molecule has 2 rings (SSSR count). The Morgan fingerprint density at radius 2 is 1.70 bits per heavy atom. The maximum absolute atomic E-state index is 12.7. The molecule has 0 saturated heterocycles. The third-order valence-electron chi connectivity index (χ3n) is 3.32. The number of aliphatic hydroxyl groups excluding tert-OH is 1. The van der Waals surface area contributed by atoms with Crippen LogP contribution in [0.25, 0.3) is 6.08 Å². The van der Waals surface area contributed by atoms with E-state index in [0.29, 0.717) is 11.9 Å². The van der Waals surface area contributed by atoms with Gasteiger partial charge in [0.05, 0.1) is 22.2 Å². The smallest absolute Gasteiger partial charge is 0.206 e. The van der Waals surface area contributed by atoms with Crippen LogP contribution in [0.4, 0.5) is 4.39 Å². The maximum atomic E-state index is 12.7. The summed E-state index contributed by atoms with van der Waals surface area (Å²) in [7, 11) is -3.71. The molecule has 0 heterocycles. The van der Waals surface area contributed by atoms with Gasteiger partial charge in [-0.3, -0.25) is 0 Å². The first-order valence-corrected chi connectivity index (χ1v) is 8.50. The topological polar surface area (TPSA) is 54.4 Å². The summed E-state index contributed by atoms with van der Waals surface area (Å²) in [5.41, 5.74) is 1.12. The molecule has 0 spiro atoms. The van der Waals surface area contributed by atoms with Gasteiger partial charge < -0.3 is 5.11 Å². The molecule has 1 atom stereocenters. The fourth-order valence-electron chi connectivity index (χ4n) is 2.16. The second-order valence-electron chi connectivity index (χ2n) is 4.96. The van der Waals surface area contributed by atoms with Gasteiger partial charge in [0.2, 0.25) is 9.84 Å². The summed E-state index contributed by atoms with van der Waals surface area (Å²) in [6, 6.07) is 12.7. The molecule has 0 aliphatic carbocycles. The van der Waals surface area contributed by atoms with Gasteiger partial charge in [0.15, 0.2) is 0 Å². The van der Waals surface area contributed by atoms with Crippen molar-refractivity contribution in [2.75, 3.05) is 0 Å². The van der Waals surface area contributed by atoms with Crippen molar-refractivity contribution in [3.63, 3.8) is 0 Å². The van der Waals surface area contributed by atoms with Crippen LogP contribution in [0.15, 0.2) is 76.8 Å². The molecule has 0 bridgehead atoms. The zero-order valence-electron chi connectivity index (χ0n) is 12.6. The Balaban J connectivity index is 2.41. The molecule has 0 saturated carbocycles. The van der Waals surface area contributed by atoms with Gasteiger partial charge >= 0.3 is 0 Å². The molecular weight excluding hydrogens is 315 g/mol. The Hall–Kier alpha value is -2.24. The van der Waals surface area contributed by atoms with Gasteiger partial charge in [0.25, 0.3) is 0 Å². The van der Waals surface area contributed by atoms with Crippen LogP contribution in [0.3, 0.4) is 0 Å². The SMILES string of the molecule is C[C@H](O)c1ccccc1S(=O)(=O)c1ccc(/C=C/C=C/F)cc1. The zero-order chi connectivity index (χ0) is 16.9. The van der Waals surface area contributed by atoms with Gasteiger partial charge in [-0.15, -0.1) is 0 Å². The second kappa shape index (κ2) is 7.35. The predicted octanol–water partition coefficient (Wildman–Crippen LogP) is 4.07. The normalized spacial score (nSPS) is 13.7. The summed E-state index contributed by atoms with van der Waals surface area (Å²) in [6.45, 7) is 1.53. The van der Waals surface area contributed by atoms with Gasteiger partial charge in [-0.1, -0.05) is 42.5 Å². The summed E-state index contributed by atoms with van der Waals surface area (Å²) < 4.78 is 37.4. The van der Waals surface area contributed by atoms with Crippen LogP contribution in [0.1, 0.15) is 24.2 Å². The molecule has 0 aliphatic heterocycles. The molecule has 2 aromatic carbocycles. The minimum atomic E-state index is -3.71. The van der Waals surface area contributed by atoms with Crippen LogP contribution in [0.5, 0.6) is 0 Å². The Kier molecular flexibility index (Phi) is 5.47. The number of halogens is 1. The molecule has 0 unspecified atom stereocenters. The lowest BCUT2D eigenvalue weighted by Gasteiger charge is -2.12. The Bertz CT molecular complexity index is 820. The largest absolute Gasteiger partial charge is 0.389 e. The average Bonchev–Trinajstić information content (AvgIpc) is 2.55. The van der Waals surface area contributed by atoms with E-state index in [2.05, 4.69) is 0 Å². The molecule has 23 heavy (non-hydrogen) atoms. The van der Waals surface area contributed by atoms with Crippen molar-refractivity contribution in [1.82, 2.24) is 0 Å². The van der Waals surface area contributed by atoms with Crippen molar-refractivity contribution >= 4 is 15.9 Å². The first-order chi connectivity index (χ1) is 11.0. The number of aliphatic hydroxyl groups is 1. The maximum Gasteiger partial charge on any atom is 0.206 e. The van der Waals surface area contributed by atoms with Gasteiger partial charge in [-0.05, 0) is 42.3 Å². The molecule has 0 aromatic heterocycles. The van der Waals surface area contributed by atoms with Crippen LogP contribution in [-0.2, 0) is 9.84 Å². The minimum Gasteiger partial charge on any atom is -0.389 e. The number of hydrogen-bond donors (Lipinski definition) is 1. The summed E-state index contributed by atoms with van der Waals surface area (Å²) in [4.78, 5) is 0.238. The van der Waals surface area contributed by atoms with Crippen LogP contribution in [-0.4, -0.2) is 13.5 Å². The van der Waals surface area contributed by atoms with E-state index in [9.17, 15) is 17.9 Å². The summed E-state index contributed by atoms with van der Waals surface area (Å²) >= 11 is 0. The van der Waals surface area contributed by atoms with Crippen LogP contribution >= 0.6 is 0 Å². The summed E-state index contributed by atoms with van der Waals surface area (Å²) in [5.74, 6) is 0. The number of rotatable bonds is 5. The van der Waals surface area contributed by atoms with Gasteiger partial charge in [-0.2, -0.15) is 0 Å². The highest BCUT2D eigenvalue weighted by atomic mass is 32.2. The Labute approximate surface area is 135 Å². The third-order valence-corrected chi connectivity index (χ3v) is 5.17. The molecule has 0 radical (unpaired) electrons. The van der Waals surface area contributed by atoms with E-state index in [4.69, 9.17) is 0 Å². The highest BCUT2D eigenvalue weighted by Crippen LogP contribution is 2.28. The number of benzene rings is 2. The molecule has 3 nitrogen and oxygen atoms in total.